The Morgan fingerprint density at radius 3 is 2.65 bits per heavy atom. The second kappa shape index (κ2) is 6.81. The highest BCUT2D eigenvalue weighted by Gasteiger charge is 2.20. The van der Waals surface area contributed by atoms with Gasteiger partial charge >= 0.3 is 0 Å². The van der Waals surface area contributed by atoms with E-state index in [0.29, 0.717) is 26.4 Å². The molecular weight excluding hydrogens is 421 g/mol. The van der Waals surface area contributed by atoms with Crippen LogP contribution in [0.4, 0.5) is 0 Å². The summed E-state index contributed by atoms with van der Waals surface area (Å²) in [6.07, 6.45) is 1.68. The summed E-state index contributed by atoms with van der Waals surface area (Å²) in [6.45, 7) is 1.84. The van der Waals surface area contributed by atoms with Crippen LogP contribution in [-0.2, 0) is 0 Å². The molecule has 3 aromatic rings. The van der Waals surface area contributed by atoms with Gasteiger partial charge in [0.2, 0.25) is 0 Å². The van der Waals surface area contributed by atoms with Gasteiger partial charge < -0.3 is 0 Å². The van der Waals surface area contributed by atoms with Crippen molar-refractivity contribution in [2.24, 2.45) is 0 Å². The van der Waals surface area contributed by atoms with Gasteiger partial charge in [0.1, 0.15) is 0 Å². The highest BCUT2D eigenvalue weighted by molar-refractivity contribution is 9.10. The van der Waals surface area contributed by atoms with Crippen molar-refractivity contribution in [1.29, 1.82) is 0 Å². The summed E-state index contributed by atoms with van der Waals surface area (Å²) in [5, 5.41) is 9.30. The first-order valence-corrected chi connectivity index (χ1v) is 9.05. The SMILES string of the molecule is CC(Sc1nnc2c(Cl)cc(Cl)cn12)C(=O)c1ccc(Br)cc1. The first-order chi connectivity index (χ1) is 11.0. The van der Waals surface area contributed by atoms with E-state index < -0.39 is 0 Å². The zero-order valence-electron chi connectivity index (χ0n) is 11.8. The fourth-order valence-corrected chi connectivity index (χ4v) is 3.72. The van der Waals surface area contributed by atoms with Crippen molar-refractivity contribution in [2.75, 3.05) is 0 Å². The maximum absolute atomic E-state index is 12.5. The number of Topliss-reactive ketones (excluding diaryl/α,β-unsaturated/α-hetero) is 1. The van der Waals surface area contributed by atoms with E-state index in [4.69, 9.17) is 23.2 Å². The Morgan fingerprint density at radius 1 is 1.26 bits per heavy atom. The van der Waals surface area contributed by atoms with Crippen LogP contribution < -0.4 is 0 Å². The number of halogens is 3. The molecular formula is C15H10BrCl2N3OS. The number of hydrogen-bond donors (Lipinski definition) is 0. The van der Waals surface area contributed by atoms with Crippen molar-refractivity contribution in [2.45, 2.75) is 17.3 Å². The second-order valence-electron chi connectivity index (χ2n) is 4.81. The van der Waals surface area contributed by atoms with Crippen LogP contribution in [0.1, 0.15) is 17.3 Å². The van der Waals surface area contributed by atoms with Crippen molar-refractivity contribution < 1.29 is 4.79 Å². The van der Waals surface area contributed by atoms with E-state index in [1.807, 2.05) is 19.1 Å². The zero-order chi connectivity index (χ0) is 16.6. The smallest absolute Gasteiger partial charge is 0.196 e. The van der Waals surface area contributed by atoms with Gasteiger partial charge in [-0.3, -0.25) is 9.20 Å². The third-order valence-electron chi connectivity index (χ3n) is 3.18. The van der Waals surface area contributed by atoms with E-state index >= 15 is 0 Å². The first kappa shape index (κ1) is 16.8. The van der Waals surface area contributed by atoms with Crippen LogP contribution in [0.5, 0.6) is 0 Å². The molecule has 0 aliphatic rings. The standard InChI is InChI=1S/C15H10BrCl2N3OS/c1-8(13(22)9-2-4-10(16)5-3-9)23-15-20-19-14-12(18)6-11(17)7-21(14)15/h2-8H,1H3. The quantitative estimate of drug-likeness (QED) is 0.423. The Balaban J connectivity index is 1.86. The molecule has 4 nitrogen and oxygen atoms in total. The number of carbonyl (C=O) groups excluding carboxylic acids is 1. The highest BCUT2D eigenvalue weighted by atomic mass is 79.9. The van der Waals surface area contributed by atoms with Crippen LogP contribution in [0.25, 0.3) is 5.65 Å². The van der Waals surface area contributed by atoms with Gasteiger partial charge in [0, 0.05) is 16.2 Å². The van der Waals surface area contributed by atoms with Gasteiger partial charge in [0.05, 0.1) is 15.3 Å². The lowest BCUT2D eigenvalue weighted by molar-refractivity contribution is 0.0994. The lowest BCUT2D eigenvalue weighted by Crippen LogP contribution is -2.14. The maximum atomic E-state index is 12.5. The molecule has 2 aromatic heterocycles. The summed E-state index contributed by atoms with van der Waals surface area (Å²) < 4.78 is 2.63. The van der Waals surface area contributed by atoms with Crippen molar-refractivity contribution in [3.63, 3.8) is 0 Å². The topological polar surface area (TPSA) is 47.3 Å². The van der Waals surface area contributed by atoms with Crippen LogP contribution in [0.15, 0.2) is 46.2 Å². The van der Waals surface area contributed by atoms with Crippen LogP contribution in [0, 0.1) is 0 Å². The number of hydrogen-bond acceptors (Lipinski definition) is 4. The summed E-state index contributed by atoms with van der Waals surface area (Å²) >= 11 is 16.8. The summed E-state index contributed by atoms with van der Waals surface area (Å²) in [6, 6.07) is 8.88. The van der Waals surface area contributed by atoms with Crippen LogP contribution in [-0.4, -0.2) is 25.6 Å². The summed E-state index contributed by atoms with van der Waals surface area (Å²) in [4.78, 5) is 12.5. The lowest BCUT2D eigenvalue weighted by Gasteiger charge is -2.09. The average molecular weight is 431 g/mol. The molecule has 1 unspecified atom stereocenters. The molecule has 0 aliphatic heterocycles. The summed E-state index contributed by atoms with van der Waals surface area (Å²) in [5.41, 5.74) is 1.17. The van der Waals surface area contributed by atoms with E-state index in [0.717, 1.165) is 4.47 Å². The van der Waals surface area contributed by atoms with Gasteiger partial charge in [0.25, 0.3) is 0 Å². The molecule has 23 heavy (non-hydrogen) atoms. The molecule has 0 N–H and O–H groups in total. The third-order valence-corrected chi connectivity index (χ3v) is 5.25. The molecule has 3 rings (SSSR count). The number of benzene rings is 1. The number of carbonyl (C=O) groups is 1. The molecule has 0 aliphatic carbocycles. The maximum Gasteiger partial charge on any atom is 0.196 e. The molecule has 118 valence electrons. The van der Waals surface area contributed by atoms with Crippen molar-refractivity contribution in [1.82, 2.24) is 14.6 Å². The van der Waals surface area contributed by atoms with Gasteiger partial charge in [-0.25, -0.2) is 0 Å². The van der Waals surface area contributed by atoms with Gasteiger partial charge in [-0.2, -0.15) is 0 Å². The number of ketones is 1. The Kier molecular flexibility index (Phi) is 4.96. The van der Waals surface area contributed by atoms with E-state index in [2.05, 4.69) is 26.1 Å². The van der Waals surface area contributed by atoms with Gasteiger partial charge in [-0.05, 0) is 25.1 Å². The van der Waals surface area contributed by atoms with Crippen LogP contribution in [0.3, 0.4) is 0 Å². The Labute approximate surface area is 155 Å². The average Bonchev–Trinajstić information content (AvgIpc) is 2.90. The molecule has 8 heteroatoms. The number of thioether (sulfide) groups is 1. The Bertz CT molecular complexity index is 882. The lowest BCUT2D eigenvalue weighted by atomic mass is 10.1. The number of rotatable bonds is 4. The summed E-state index contributed by atoms with van der Waals surface area (Å²) in [5.74, 6) is 0.0207. The molecule has 0 saturated carbocycles. The molecule has 0 bridgehead atoms. The van der Waals surface area contributed by atoms with Crippen molar-refractivity contribution in [3.05, 3.63) is 56.6 Å². The Hall–Kier alpha value is -1.08. The largest absolute Gasteiger partial charge is 0.293 e. The first-order valence-electron chi connectivity index (χ1n) is 6.62. The van der Waals surface area contributed by atoms with E-state index in [-0.39, 0.29) is 11.0 Å². The van der Waals surface area contributed by atoms with E-state index in [1.54, 1.807) is 28.8 Å². The predicted octanol–water partition coefficient (Wildman–Crippen LogP) is 5.16. The Morgan fingerprint density at radius 2 is 1.96 bits per heavy atom. The second-order valence-corrected chi connectivity index (χ2v) is 7.88. The molecule has 0 fully saturated rings. The third kappa shape index (κ3) is 3.55. The summed E-state index contributed by atoms with van der Waals surface area (Å²) in [7, 11) is 0. The van der Waals surface area contributed by atoms with Gasteiger partial charge in [0.15, 0.2) is 16.6 Å². The van der Waals surface area contributed by atoms with Crippen LogP contribution >= 0.6 is 50.9 Å². The minimum atomic E-state index is -0.318. The van der Waals surface area contributed by atoms with E-state index in [1.165, 1.54) is 11.8 Å². The van der Waals surface area contributed by atoms with Crippen molar-refractivity contribution in [3.8, 4) is 0 Å². The zero-order valence-corrected chi connectivity index (χ0v) is 15.7. The van der Waals surface area contributed by atoms with Gasteiger partial charge in [-0.1, -0.05) is 63.0 Å². The number of nitrogens with zero attached hydrogens (tertiary/aromatic N) is 3. The molecule has 0 saturated heterocycles. The van der Waals surface area contributed by atoms with Gasteiger partial charge in [-0.15, -0.1) is 10.2 Å². The molecule has 2 heterocycles. The van der Waals surface area contributed by atoms with E-state index in [9.17, 15) is 4.79 Å². The molecule has 0 spiro atoms. The predicted molar refractivity (Wildman–Crippen MR) is 96.8 cm³/mol. The monoisotopic (exact) mass is 429 g/mol. The molecule has 0 radical (unpaired) electrons. The molecule has 0 amide bonds. The minimum Gasteiger partial charge on any atom is -0.293 e. The van der Waals surface area contributed by atoms with Crippen molar-refractivity contribution >= 4 is 62.3 Å². The van der Waals surface area contributed by atoms with Crippen LogP contribution in [0.2, 0.25) is 10.0 Å². The minimum absolute atomic E-state index is 0.0207. The number of pyridine rings is 1. The molecule has 1 aromatic carbocycles. The highest BCUT2D eigenvalue weighted by Crippen LogP contribution is 2.28. The molecule has 1 atom stereocenters. The fraction of sp³-hybridized carbons (Fsp3) is 0.133. The number of fused-ring (bicyclic) bond motifs is 1. The fourth-order valence-electron chi connectivity index (χ4n) is 2.04. The number of aromatic nitrogens is 3. The normalized spacial score (nSPS) is 12.5.